The molecule has 1 aromatic carbocycles. The number of nitrogens with one attached hydrogen (secondary N) is 2. The summed E-state index contributed by atoms with van der Waals surface area (Å²) in [6, 6.07) is 4.69. The van der Waals surface area contributed by atoms with Gasteiger partial charge in [-0.05, 0) is 31.5 Å². The molecule has 0 radical (unpaired) electrons. The minimum Gasteiger partial charge on any atom is -0.347 e. The van der Waals surface area contributed by atoms with Gasteiger partial charge in [-0.25, -0.2) is 9.37 Å². The first kappa shape index (κ1) is 14.0. The van der Waals surface area contributed by atoms with Gasteiger partial charge in [-0.1, -0.05) is 24.6 Å². The van der Waals surface area contributed by atoms with Gasteiger partial charge in [0, 0.05) is 23.0 Å². The van der Waals surface area contributed by atoms with Crippen LogP contribution in [0.3, 0.4) is 0 Å². The van der Waals surface area contributed by atoms with Crippen molar-refractivity contribution in [2.75, 3.05) is 6.54 Å². The van der Waals surface area contributed by atoms with Crippen LogP contribution in [-0.4, -0.2) is 16.5 Å². The second-order valence-electron chi connectivity index (χ2n) is 4.39. The molecule has 0 amide bonds. The first-order chi connectivity index (χ1) is 9.22. The quantitative estimate of drug-likeness (QED) is 0.851. The van der Waals surface area contributed by atoms with E-state index in [1.165, 1.54) is 6.07 Å². The zero-order valence-electron chi connectivity index (χ0n) is 10.8. The van der Waals surface area contributed by atoms with Crippen LogP contribution in [0.5, 0.6) is 0 Å². The van der Waals surface area contributed by atoms with E-state index in [0.29, 0.717) is 17.0 Å². The molecule has 0 fully saturated rings. The maximum atomic E-state index is 13.8. The lowest BCUT2D eigenvalue weighted by molar-refractivity contribution is 0.495. The maximum absolute atomic E-state index is 13.8. The van der Waals surface area contributed by atoms with E-state index >= 15 is 0 Å². The number of aromatic nitrogens is 2. The lowest BCUT2D eigenvalue weighted by Gasteiger charge is -2.17. The molecule has 0 bridgehead atoms. The molecule has 3 nitrogen and oxygen atoms in total. The molecule has 1 heterocycles. The number of nitrogens with zero attached hydrogens (tertiary/aromatic N) is 1. The van der Waals surface area contributed by atoms with Gasteiger partial charge in [0.25, 0.3) is 0 Å². The van der Waals surface area contributed by atoms with Gasteiger partial charge >= 0.3 is 0 Å². The van der Waals surface area contributed by atoms with Gasteiger partial charge in [0.2, 0.25) is 0 Å². The highest BCUT2D eigenvalue weighted by molar-refractivity contribution is 6.31. The van der Waals surface area contributed by atoms with Crippen molar-refractivity contribution in [2.24, 2.45) is 0 Å². The normalized spacial score (nSPS) is 12.6. The van der Waals surface area contributed by atoms with Crippen molar-refractivity contribution in [3.8, 4) is 0 Å². The predicted molar refractivity (Wildman–Crippen MR) is 74.7 cm³/mol. The van der Waals surface area contributed by atoms with Crippen LogP contribution in [-0.2, 0) is 6.42 Å². The van der Waals surface area contributed by atoms with Gasteiger partial charge in [-0.15, -0.1) is 0 Å². The van der Waals surface area contributed by atoms with Gasteiger partial charge in [-0.3, -0.25) is 0 Å². The Hall–Kier alpha value is -1.39. The maximum Gasteiger partial charge on any atom is 0.127 e. The first-order valence-corrected chi connectivity index (χ1v) is 6.75. The molecule has 102 valence electrons. The Balaban J connectivity index is 2.20. The molecular formula is C14H17ClFN3. The van der Waals surface area contributed by atoms with Gasteiger partial charge in [0.1, 0.15) is 11.6 Å². The third kappa shape index (κ3) is 3.55. The number of hydrogen-bond donors (Lipinski definition) is 2. The van der Waals surface area contributed by atoms with Crippen molar-refractivity contribution in [3.05, 3.63) is 52.8 Å². The fourth-order valence-electron chi connectivity index (χ4n) is 1.98. The summed E-state index contributed by atoms with van der Waals surface area (Å²) in [5.41, 5.74) is 0.522. The Kier molecular flexibility index (Phi) is 4.93. The molecule has 2 aromatic rings. The van der Waals surface area contributed by atoms with Crippen molar-refractivity contribution < 1.29 is 4.39 Å². The topological polar surface area (TPSA) is 40.7 Å². The van der Waals surface area contributed by atoms with E-state index in [2.05, 4.69) is 22.2 Å². The predicted octanol–water partition coefficient (Wildman–Crippen LogP) is 3.49. The highest BCUT2D eigenvalue weighted by Crippen LogP contribution is 2.24. The Morgan fingerprint density at radius 1 is 1.47 bits per heavy atom. The number of rotatable bonds is 6. The fourth-order valence-corrected chi connectivity index (χ4v) is 2.22. The Morgan fingerprint density at radius 3 is 2.95 bits per heavy atom. The monoisotopic (exact) mass is 281 g/mol. The Bertz CT molecular complexity index is 493. The van der Waals surface area contributed by atoms with E-state index in [-0.39, 0.29) is 11.9 Å². The molecule has 0 saturated carbocycles. The number of aromatic amines is 1. The van der Waals surface area contributed by atoms with Gasteiger partial charge in [0.05, 0.1) is 6.04 Å². The van der Waals surface area contributed by atoms with Crippen molar-refractivity contribution >= 4 is 11.6 Å². The second-order valence-corrected chi connectivity index (χ2v) is 4.79. The van der Waals surface area contributed by atoms with Crippen LogP contribution in [0.4, 0.5) is 4.39 Å². The summed E-state index contributed by atoms with van der Waals surface area (Å²) in [5.74, 6) is 0.523. The third-order valence-corrected chi connectivity index (χ3v) is 3.31. The van der Waals surface area contributed by atoms with E-state index in [9.17, 15) is 4.39 Å². The fraction of sp³-hybridized carbons (Fsp3) is 0.357. The zero-order valence-corrected chi connectivity index (χ0v) is 11.5. The zero-order chi connectivity index (χ0) is 13.7. The summed E-state index contributed by atoms with van der Waals surface area (Å²) in [7, 11) is 0. The molecule has 2 N–H and O–H groups in total. The Labute approximate surface area is 117 Å². The number of H-pyrrole nitrogens is 1. The van der Waals surface area contributed by atoms with E-state index in [0.717, 1.165) is 18.8 Å². The average Bonchev–Trinajstić information content (AvgIpc) is 2.91. The molecule has 0 spiro atoms. The summed E-state index contributed by atoms with van der Waals surface area (Å²) in [6.07, 6.45) is 4.93. The van der Waals surface area contributed by atoms with Crippen LogP contribution in [0.1, 0.15) is 30.8 Å². The second kappa shape index (κ2) is 6.68. The van der Waals surface area contributed by atoms with Gasteiger partial charge < -0.3 is 10.3 Å². The molecule has 19 heavy (non-hydrogen) atoms. The number of hydrogen-bond acceptors (Lipinski definition) is 2. The number of benzene rings is 1. The van der Waals surface area contributed by atoms with Crippen LogP contribution in [0.15, 0.2) is 30.6 Å². The molecule has 1 unspecified atom stereocenters. The summed E-state index contributed by atoms with van der Waals surface area (Å²) < 4.78 is 13.8. The van der Waals surface area contributed by atoms with Crippen molar-refractivity contribution in [1.82, 2.24) is 15.3 Å². The largest absolute Gasteiger partial charge is 0.347 e. The summed E-state index contributed by atoms with van der Waals surface area (Å²) >= 11 is 6.07. The van der Waals surface area contributed by atoms with E-state index in [1.54, 1.807) is 24.5 Å². The minimum atomic E-state index is -0.276. The van der Waals surface area contributed by atoms with Crippen molar-refractivity contribution in [2.45, 2.75) is 25.8 Å². The van der Waals surface area contributed by atoms with Crippen LogP contribution in [0, 0.1) is 5.82 Å². The molecule has 1 aromatic heterocycles. The number of imidazole rings is 1. The van der Waals surface area contributed by atoms with E-state index < -0.39 is 0 Å². The average molecular weight is 282 g/mol. The standard InChI is InChI=1S/C14H17ClFN3/c1-2-6-17-13(14-18-7-8-19-14)9-10-11(15)4-3-5-12(10)16/h3-5,7-8,13,17H,2,6,9H2,1H3,(H,18,19). The van der Waals surface area contributed by atoms with Crippen molar-refractivity contribution in [3.63, 3.8) is 0 Å². The summed E-state index contributed by atoms with van der Waals surface area (Å²) in [6.45, 7) is 2.93. The van der Waals surface area contributed by atoms with E-state index in [4.69, 9.17) is 11.6 Å². The first-order valence-electron chi connectivity index (χ1n) is 6.38. The molecular weight excluding hydrogens is 265 g/mol. The molecule has 2 rings (SSSR count). The highest BCUT2D eigenvalue weighted by atomic mass is 35.5. The Morgan fingerprint density at radius 2 is 2.32 bits per heavy atom. The van der Waals surface area contributed by atoms with Crippen LogP contribution in [0.25, 0.3) is 0 Å². The van der Waals surface area contributed by atoms with Crippen molar-refractivity contribution in [1.29, 1.82) is 0 Å². The number of halogens is 2. The third-order valence-electron chi connectivity index (χ3n) is 2.96. The van der Waals surface area contributed by atoms with Gasteiger partial charge in [0.15, 0.2) is 0 Å². The lowest BCUT2D eigenvalue weighted by Crippen LogP contribution is -2.25. The molecule has 0 aliphatic carbocycles. The minimum absolute atomic E-state index is 0.0654. The van der Waals surface area contributed by atoms with Crippen LogP contribution in [0.2, 0.25) is 5.02 Å². The highest BCUT2D eigenvalue weighted by Gasteiger charge is 2.17. The molecule has 0 aliphatic rings. The molecule has 1 atom stereocenters. The smallest absolute Gasteiger partial charge is 0.127 e. The molecule has 5 heteroatoms. The van der Waals surface area contributed by atoms with Gasteiger partial charge in [-0.2, -0.15) is 0 Å². The van der Waals surface area contributed by atoms with Crippen LogP contribution >= 0.6 is 11.6 Å². The summed E-state index contributed by atoms with van der Waals surface area (Å²) in [5, 5.41) is 3.81. The SMILES string of the molecule is CCCNC(Cc1c(F)cccc1Cl)c1ncc[nH]1. The lowest BCUT2D eigenvalue weighted by atomic mass is 10.0. The van der Waals surface area contributed by atoms with E-state index in [1.807, 2.05) is 0 Å². The molecule has 0 aliphatic heterocycles. The molecule has 0 saturated heterocycles. The summed E-state index contributed by atoms with van der Waals surface area (Å²) in [4.78, 5) is 7.31. The van der Waals surface area contributed by atoms with Crippen LogP contribution < -0.4 is 5.32 Å².